The van der Waals surface area contributed by atoms with Crippen LogP contribution in [0, 0.1) is 0 Å². The van der Waals surface area contributed by atoms with Crippen LogP contribution in [-0.4, -0.2) is 29.8 Å². The number of carbonyl (C=O) groups is 2. The second-order valence-electron chi connectivity index (χ2n) is 5.23. The molecule has 0 atom stereocenters. The van der Waals surface area contributed by atoms with Crippen LogP contribution in [0.1, 0.15) is 36.2 Å². The number of hydrogen-bond donors (Lipinski definition) is 1. The van der Waals surface area contributed by atoms with Crippen LogP contribution < -0.4 is 5.32 Å². The number of hydrogen-bond acceptors (Lipinski definition) is 3. The maximum Gasteiger partial charge on any atom is 0.253 e. The fourth-order valence-corrected chi connectivity index (χ4v) is 3.01. The average molecular weight is 330 g/mol. The largest absolute Gasteiger partial charge is 0.339 e. The summed E-state index contributed by atoms with van der Waals surface area (Å²) in [5, 5.41) is 6.94. The van der Waals surface area contributed by atoms with E-state index < -0.39 is 0 Å². The predicted molar refractivity (Wildman–Crippen MR) is 95.0 cm³/mol. The first-order valence-electron chi connectivity index (χ1n) is 7.84. The molecule has 0 unspecified atom stereocenters. The van der Waals surface area contributed by atoms with E-state index in [9.17, 15) is 9.59 Å². The van der Waals surface area contributed by atoms with Crippen LogP contribution in [0.15, 0.2) is 41.1 Å². The number of benzene rings is 1. The molecule has 1 heterocycles. The van der Waals surface area contributed by atoms with Gasteiger partial charge in [0.25, 0.3) is 5.91 Å². The topological polar surface area (TPSA) is 49.4 Å². The number of nitrogens with zero attached hydrogens (tertiary/aromatic N) is 1. The lowest BCUT2D eigenvalue weighted by atomic mass is 10.1. The van der Waals surface area contributed by atoms with Gasteiger partial charge in [-0.3, -0.25) is 9.59 Å². The Bertz CT molecular complexity index is 632. The number of carbonyl (C=O) groups excluding carboxylic acids is 2. The van der Waals surface area contributed by atoms with Gasteiger partial charge in [-0.1, -0.05) is 0 Å². The monoisotopic (exact) mass is 330 g/mol. The first kappa shape index (κ1) is 17.2. The summed E-state index contributed by atoms with van der Waals surface area (Å²) in [6.45, 7) is 5.31. The molecule has 0 aliphatic heterocycles. The Balaban J connectivity index is 1.89. The molecule has 1 aromatic heterocycles. The molecule has 4 nitrogen and oxygen atoms in total. The smallest absolute Gasteiger partial charge is 0.253 e. The van der Waals surface area contributed by atoms with Gasteiger partial charge in [-0.2, -0.15) is 11.3 Å². The van der Waals surface area contributed by atoms with Crippen molar-refractivity contribution in [1.29, 1.82) is 0 Å². The van der Waals surface area contributed by atoms with Crippen molar-refractivity contribution < 1.29 is 9.59 Å². The fraction of sp³-hybridized carbons (Fsp3) is 0.333. The molecule has 23 heavy (non-hydrogen) atoms. The van der Waals surface area contributed by atoms with Gasteiger partial charge in [0.05, 0.1) is 0 Å². The highest BCUT2D eigenvalue weighted by molar-refractivity contribution is 7.07. The van der Waals surface area contributed by atoms with Crippen molar-refractivity contribution in [3.05, 3.63) is 52.2 Å². The van der Waals surface area contributed by atoms with Gasteiger partial charge < -0.3 is 10.2 Å². The number of nitrogens with one attached hydrogen (secondary N) is 1. The Morgan fingerprint density at radius 2 is 1.78 bits per heavy atom. The number of rotatable bonds is 7. The normalized spacial score (nSPS) is 10.3. The summed E-state index contributed by atoms with van der Waals surface area (Å²) < 4.78 is 0. The minimum Gasteiger partial charge on any atom is -0.339 e. The lowest BCUT2D eigenvalue weighted by Gasteiger charge is -2.18. The van der Waals surface area contributed by atoms with Gasteiger partial charge in [0, 0.05) is 30.8 Å². The molecule has 0 fully saturated rings. The zero-order chi connectivity index (χ0) is 16.7. The van der Waals surface area contributed by atoms with Gasteiger partial charge in [-0.05, 0) is 66.9 Å². The molecule has 0 saturated heterocycles. The fourth-order valence-electron chi connectivity index (χ4n) is 2.31. The van der Waals surface area contributed by atoms with Crippen LogP contribution in [0.4, 0.5) is 5.69 Å². The maximum atomic E-state index is 12.2. The molecule has 0 bridgehead atoms. The van der Waals surface area contributed by atoms with Crippen molar-refractivity contribution in [2.24, 2.45) is 0 Å². The van der Waals surface area contributed by atoms with E-state index in [0.717, 1.165) is 12.1 Å². The van der Waals surface area contributed by atoms with Gasteiger partial charge >= 0.3 is 0 Å². The van der Waals surface area contributed by atoms with E-state index in [0.29, 0.717) is 25.1 Å². The van der Waals surface area contributed by atoms with Crippen molar-refractivity contribution >= 4 is 28.8 Å². The molecular weight excluding hydrogens is 308 g/mol. The lowest BCUT2D eigenvalue weighted by Crippen LogP contribution is -2.30. The maximum absolute atomic E-state index is 12.2. The lowest BCUT2D eigenvalue weighted by molar-refractivity contribution is -0.116. The summed E-state index contributed by atoms with van der Waals surface area (Å²) in [5.74, 6) is 0.00403. The third-order valence-electron chi connectivity index (χ3n) is 3.69. The van der Waals surface area contributed by atoms with Crippen LogP contribution in [0.5, 0.6) is 0 Å². The summed E-state index contributed by atoms with van der Waals surface area (Å²) in [6.07, 6.45) is 1.20. The number of anilines is 1. The zero-order valence-corrected chi connectivity index (χ0v) is 14.4. The van der Waals surface area contributed by atoms with Gasteiger partial charge in [0.1, 0.15) is 0 Å². The molecule has 2 aromatic rings. The number of amides is 2. The first-order chi connectivity index (χ1) is 11.1. The Morgan fingerprint density at radius 3 is 2.35 bits per heavy atom. The molecule has 122 valence electrons. The van der Waals surface area contributed by atoms with Gasteiger partial charge in [0.15, 0.2) is 0 Å². The van der Waals surface area contributed by atoms with E-state index in [1.807, 2.05) is 25.3 Å². The van der Waals surface area contributed by atoms with Crippen molar-refractivity contribution in [2.45, 2.75) is 26.7 Å². The van der Waals surface area contributed by atoms with Crippen LogP contribution in [0.25, 0.3) is 0 Å². The van der Waals surface area contributed by atoms with E-state index in [1.165, 1.54) is 5.56 Å². The minimum atomic E-state index is -0.0148. The van der Waals surface area contributed by atoms with Crippen LogP contribution in [-0.2, 0) is 11.2 Å². The third-order valence-corrected chi connectivity index (χ3v) is 4.42. The summed E-state index contributed by atoms with van der Waals surface area (Å²) in [7, 11) is 0. The number of aryl methyl sites for hydroxylation is 1. The highest BCUT2D eigenvalue weighted by Gasteiger charge is 2.12. The molecule has 1 aromatic carbocycles. The highest BCUT2D eigenvalue weighted by atomic mass is 32.1. The first-order valence-corrected chi connectivity index (χ1v) is 8.78. The van der Waals surface area contributed by atoms with Crippen molar-refractivity contribution in [2.75, 3.05) is 18.4 Å². The Kier molecular flexibility index (Phi) is 6.35. The summed E-state index contributed by atoms with van der Waals surface area (Å²) in [6, 6.07) is 9.11. The van der Waals surface area contributed by atoms with Gasteiger partial charge in [0.2, 0.25) is 5.91 Å². The molecule has 1 N–H and O–H groups in total. The standard InChI is InChI=1S/C18H22N2O2S/c1-3-20(4-2)18(22)15-6-8-16(9-7-15)19-17(21)10-5-14-11-12-23-13-14/h6-9,11-13H,3-5,10H2,1-2H3,(H,19,21). The molecule has 0 aliphatic carbocycles. The Labute approximate surface area is 141 Å². The summed E-state index contributed by atoms with van der Waals surface area (Å²) in [4.78, 5) is 25.9. The quantitative estimate of drug-likeness (QED) is 0.839. The van der Waals surface area contributed by atoms with Gasteiger partial charge in [-0.25, -0.2) is 0 Å². The molecule has 0 spiro atoms. The predicted octanol–water partition coefficient (Wildman–Crippen LogP) is 3.80. The Morgan fingerprint density at radius 1 is 1.09 bits per heavy atom. The number of thiophene rings is 1. The minimum absolute atomic E-state index is 0.0148. The molecule has 0 saturated carbocycles. The van der Waals surface area contributed by atoms with Crippen molar-refractivity contribution in [1.82, 2.24) is 4.90 Å². The van der Waals surface area contributed by atoms with Crippen molar-refractivity contribution in [3.63, 3.8) is 0 Å². The van der Waals surface area contributed by atoms with Crippen LogP contribution in [0.2, 0.25) is 0 Å². The molecule has 2 amide bonds. The van der Waals surface area contributed by atoms with E-state index in [-0.39, 0.29) is 11.8 Å². The molecule has 0 aliphatic rings. The average Bonchev–Trinajstić information content (AvgIpc) is 3.08. The molecular formula is C18H22N2O2S. The zero-order valence-electron chi connectivity index (χ0n) is 13.5. The van der Waals surface area contributed by atoms with Crippen LogP contribution >= 0.6 is 11.3 Å². The second kappa shape index (κ2) is 8.48. The van der Waals surface area contributed by atoms with Crippen LogP contribution in [0.3, 0.4) is 0 Å². The molecule has 2 rings (SSSR count). The molecule has 5 heteroatoms. The van der Waals surface area contributed by atoms with E-state index in [1.54, 1.807) is 40.5 Å². The van der Waals surface area contributed by atoms with Gasteiger partial charge in [-0.15, -0.1) is 0 Å². The second-order valence-corrected chi connectivity index (χ2v) is 6.01. The highest BCUT2D eigenvalue weighted by Crippen LogP contribution is 2.13. The SMILES string of the molecule is CCN(CC)C(=O)c1ccc(NC(=O)CCc2ccsc2)cc1. The summed E-state index contributed by atoms with van der Waals surface area (Å²) >= 11 is 1.64. The van der Waals surface area contributed by atoms with E-state index in [4.69, 9.17) is 0 Å². The molecule has 0 radical (unpaired) electrons. The van der Waals surface area contributed by atoms with E-state index in [2.05, 4.69) is 10.7 Å². The van der Waals surface area contributed by atoms with E-state index >= 15 is 0 Å². The van der Waals surface area contributed by atoms with Crippen molar-refractivity contribution in [3.8, 4) is 0 Å². The summed E-state index contributed by atoms with van der Waals surface area (Å²) in [5.41, 5.74) is 2.55. The Hall–Kier alpha value is -2.14. The third kappa shape index (κ3) is 4.93.